The van der Waals surface area contributed by atoms with Crippen molar-refractivity contribution in [1.29, 1.82) is 0 Å². The highest BCUT2D eigenvalue weighted by Crippen LogP contribution is 2.45. The van der Waals surface area contributed by atoms with E-state index in [4.69, 9.17) is 37.0 Å². The Labute approximate surface area is 620 Å². The number of rotatable bonds is 76. The van der Waals surface area contributed by atoms with Gasteiger partial charge in [-0.15, -0.1) is 0 Å². The van der Waals surface area contributed by atoms with Crippen molar-refractivity contribution in [2.24, 2.45) is 0 Å². The van der Waals surface area contributed by atoms with Gasteiger partial charge in [0.2, 0.25) is 0 Å². The van der Waals surface area contributed by atoms with Crippen LogP contribution < -0.4 is 0 Å². The Kier molecular flexibility index (Phi) is 72.3. The van der Waals surface area contributed by atoms with E-state index < -0.39 is 97.5 Å². The smallest absolute Gasteiger partial charge is 0.462 e. The Morgan fingerprint density at radius 3 is 0.833 bits per heavy atom. The number of carbonyl (C=O) groups is 4. The first-order chi connectivity index (χ1) is 49.7. The van der Waals surface area contributed by atoms with Crippen molar-refractivity contribution in [1.82, 2.24) is 0 Å². The van der Waals surface area contributed by atoms with Gasteiger partial charge in [-0.05, 0) is 141 Å². The molecule has 0 aromatic heterocycles. The van der Waals surface area contributed by atoms with Gasteiger partial charge in [-0.25, -0.2) is 9.13 Å². The first kappa shape index (κ1) is 98.0. The molecule has 0 amide bonds. The maximum Gasteiger partial charge on any atom is 0.472 e. The fraction of sp³-hybridized carbons (Fsp3) is 0.759. The zero-order valence-corrected chi connectivity index (χ0v) is 66.3. The molecule has 0 heterocycles. The van der Waals surface area contributed by atoms with Crippen LogP contribution in [-0.2, 0) is 65.4 Å². The quantitative estimate of drug-likeness (QED) is 0.0169. The summed E-state index contributed by atoms with van der Waals surface area (Å²) in [6.45, 7) is 4.75. The molecule has 102 heavy (non-hydrogen) atoms. The molecule has 0 aromatic rings. The van der Waals surface area contributed by atoms with Crippen LogP contribution >= 0.6 is 15.6 Å². The second-order valence-electron chi connectivity index (χ2n) is 27.0. The second-order valence-corrected chi connectivity index (χ2v) is 29.9. The van der Waals surface area contributed by atoms with Crippen LogP contribution in [0.4, 0.5) is 0 Å². The van der Waals surface area contributed by atoms with Crippen molar-refractivity contribution in [3.05, 3.63) is 97.2 Å². The number of phosphoric acid groups is 2. The molecule has 0 saturated heterocycles. The Morgan fingerprint density at radius 1 is 0.275 bits per heavy atom. The molecule has 0 radical (unpaired) electrons. The van der Waals surface area contributed by atoms with Gasteiger partial charge >= 0.3 is 39.5 Å². The highest BCUT2D eigenvalue weighted by atomic mass is 31.2. The highest BCUT2D eigenvalue weighted by Gasteiger charge is 2.30. The molecule has 0 aromatic carbocycles. The summed E-state index contributed by atoms with van der Waals surface area (Å²) in [5, 5.41) is 10.6. The molecule has 0 fully saturated rings. The molecule has 0 spiro atoms. The Hall–Kier alpha value is -4.02. The SMILES string of the molecule is CCCCC/C=C\C/C=C\C/C=C\C/C=C\C/C=C\CCC(=O)OC[C@H](COP(=O)(O)OC[C@@H](O)COP(=O)(O)OC[C@@H](COC(=O)CCCCCCC/C=C\CCCCCC)OC(=O)CCCCCCC/C=C\CCCCCCCC)OC(=O)CCCCCCCCC/C=C\CCCCCC. The van der Waals surface area contributed by atoms with Crippen LogP contribution in [0.15, 0.2) is 97.2 Å². The van der Waals surface area contributed by atoms with Crippen LogP contribution in [0, 0.1) is 0 Å². The Balaban J connectivity index is 5.41. The van der Waals surface area contributed by atoms with Crippen LogP contribution in [-0.4, -0.2) is 96.7 Å². The summed E-state index contributed by atoms with van der Waals surface area (Å²) < 4.78 is 68.5. The zero-order valence-electron chi connectivity index (χ0n) is 64.5. The van der Waals surface area contributed by atoms with Gasteiger partial charge in [0.1, 0.15) is 19.3 Å². The lowest BCUT2D eigenvalue weighted by Crippen LogP contribution is -2.30. The summed E-state index contributed by atoms with van der Waals surface area (Å²) >= 11 is 0. The number of aliphatic hydroxyl groups excluding tert-OH is 1. The summed E-state index contributed by atoms with van der Waals surface area (Å²) in [5.74, 6) is -2.28. The third-order valence-electron chi connectivity index (χ3n) is 17.0. The molecular formula is C83H146O17P2. The molecule has 2 unspecified atom stereocenters. The van der Waals surface area contributed by atoms with E-state index in [-0.39, 0.29) is 25.7 Å². The minimum absolute atomic E-state index is 0.0376. The molecule has 5 atom stereocenters. The number of carbonyl (C=O) groups excluding carboxylic acids is 4. The van der Waals surface area contributed by atoms with Gasteiger partial charge in [0.05, 0.1) is 26.4 Å². The fourth-order valence-corrected chi connectivity index (χ4v) is 12.4. The number of unbranched alkanes of at least 4 members (excludes halogenated alkanes) is 34. The van der Waals surface area contributed by atoms with Crippen molar-refractivity contribution < 1.29 is 80.2 Å². The minimum atomic E-state index is -4.99. The topological polar surface area (TPSA) is 237 Å². The average Bonchev–Trinajstić information content (AvgIpc) is 0.920. The van der Waals surface area contributed by atoms with Gasteiger partial charge in [-0.3, -0.25) is 37.3 Å². The van der Waals surface area contributed by atoms with E-state index in [1.165, 1.54) is 109 Å². The number of hydrogen-bond donors (Lipinski definition) is 3. The molecule has 3 N–H and O–H groups in total. The Morgan fingerprint density at radius 2 is 0.500 bits per heavy atom. The fourth-order valence-electron chi connectivity index (χ4n) is 10.8. The molecule has 0 aliphatic heterocycles. The van der Waals surface area contributed by atoms with E-state index in [0.29, 0.717) is 32.1 Å². The van der Waals surface area contributed by atoms with Crippen LogP contribution in [0.5, 0.6) is 0 Å². The van der Waals surface area contributed by atoms with Gasteiger partial charge in [-0.2, -0.15) is 0 Å². The van der Waals surface area contributed by atoms with Crippen molar-refractivity contribution in [2.75, 3.05) is 39.6 Å². The van der Waals surface area contributed by atoms with Crippen LogP contribution in [0.25, 0.3) is 0 Å². The lowest BCUT2D eigenvalue weighted by atomic mass is 10.1. The summed E-state index contributed by atoms with van der Waals surface area (Å²) in [5.41, 5.74) is 0. The molecule has 17 nitrogen and oxygen atoms in total. The summed E-state index contributed by atoms with van der Waals surface area (Å²) in [4.78, 5) is 73.0. The van der Waals surface area contributed by atoms with Crippen LogP contribution in [0.2, 0.25) is 0 Å². The number of hydrogen-bond acceptors (Lipinski definition) is 15. The van der Waals surface area contributed by atoms with Crippen LogP contribution in [0.1, 0.15) is 349 Å². The Bertz CT molecular complexity index is 2310. The molecule has 0 bridgehead atoms. The lowest BCUT2D eigenvalue weighted by Gasteiger charge is -2.21. The molecule has 19 heteroatoms. The summed E-state index contributed by atoms with van der Waals surface area (Å²) in [6, 6.07) is 0. The maximum absolute atomic E-state index is 13.1. The number of allylic oxidation sites excluding steroid dienone is 16. The lowest BCUT2D eigenvalue weighted by molar-refractivity contribution is -0.161. The molecule has 0 saturated carbocycles. The molecule has 590 valence electrons. The molecule has 0 aliphatic carbocycles. The predicted octanol–water partition coefficient (Wildman–Crippen LogP) is 23.6. The number of aliphatic hydroxyl groups is 1. The van der Waals surface area contributed by atoms with Gasteiger partial charge in [0, 0.05) is 25.7 Å². The van der Waals surface area contributed by atoms with E-state index in [2.05, 4.69) is 113 Å². The summed E-state index contributed by atoms with van der Waals surface area (Å²) in [7, 11) is -9.97. The molecule has 0 aliphatic rings. The normalized spacial score (nSPS) is 14.4. The predicted molar refractivity (Wildman–Crippen MR) is 418 cm³/mol. The maximum atomic E-state index is 13.1. The van der Waals surface area contributed by atoms with Crippen molar-refractivity contribution >= 4 is 39.5 Å². The van der Waals surface area contributed by atoms with E-state index >= 15 is 0 Å². The molecular weight excluding hydrogens is 1330 g/mol. The van der Waals surface area contributed by atoms with E-state index in [1.54, 1.807) is 0 Å². The first-order valence-electron chi connectivity index (χ1n) is 40.5. The summed E-state index contributed by atoms with van der Waals surface area (Å²) in [6.07, 6.45) is 79.7. The number of ether oxygens (including phenoxy) is 4. The van der Waals surface area contributed by atoms with Crippen molar-refractivity contribution in [2.45, 2.75) is 367 Å². The third kappa shape index (κ3) is 74.3. The molecule has 0 rings (SSSR count). The van der Waals surface area contributed by atoms with E-state index in [0.717, 1.165) is 154 Å². The number of esters is 4. The largest absolute Gasteiger partial charge is 0.472 e. The van der Waals surface area contributed by atoms with Crippen LogP contribution in [0.3, 0.4) is 0 Å². The average molecular weight is 1480 g/mol. The monoisotopic (exact) mass is 1480 g/mol. The van der Waals surface area contributed by atoms with E-state index in [1.807, 2.05) is 12.2 Å². The van der Waals surface area contributed by atoms with Gasteiger partial charge < -0.3 is 33.8 Å². The van der Waals surface area contributed by atoms with Crippen molar-refractivity contribution in [3.63, 3.8) is 0 Å². The highest BCUT2D eigenvalue weighted by molar-refractivity contribution is 7.47. The second kappa shape index (κ2) is 75.2. The number of phosphoric ester groups is 2. The van der Waals surface area contributed by atoms with E-state index in [9.17, 15) is 43.2 Å². The minimum Gasteiger partial charge on any atom is -0.462 e. The van der Waals surface area contributed by atoms with Gasteiger partial charge in [0.25, 0.3) is 0 Å². The standard InChI is InChI=1S/C83H146O17P2/c1-5-9-13-17-21-25-29-33-36-37-38-39-42-44-48-52-56-60-64-68-81(86)94-74-79(100-83(88)70-66-62-58-54-50-46-41-35-31-27-23-19-15-11-7-3)76-98-102(91,92)96-72-77(84)71-95-101(89,90)97-75-78(73-93-80(85)67-63-59-55-51-47-43-32-28-24-20-16-12-8-4)99-82(87)69-65-61-57-53-49-45-40-34-30-26-22-18-14-10-6-2/h21,25,27-28,31-34,36,38-40,44,48,56,60,77-79,84H,5-20,22-24,26,29-30,35,37,41-43,45-47,49-55,57-59,61-76H2,1-4H3,(H,89,90)(H,91,92)/b25-21-,31-27-,32-28-,36-33-,39-38-,40-34-,48-44-,60-56-/t77-,78+,79+/m0/s1. The van der Waals surface area contributed by atoms with Gasteiger partial charge in [0.15, 0.2) is 12.2 Å². The first-order valence-corrected chi connectivity index (χ1v) is 43.5. The van der Waals surface area contributed by atoms with Gasteiger partial charge in [-0.1, -0.05) is 279 Å². The van der Waals surface area contributed by atoms with Crippen molar-refractivity contribution in [3.8, 4) is 0 Å². The zero-order chi connectivity index (χ0) is 74.6. The third-order valence-corrected chi connectivity index (χ3v) is 18.9.